The molecule has 0 saturated carbocycles. The number of hydrogen-bond acceptors (Lipinski definition) is 7. The maximum atomic E-state index is 12.5. The molecule has 32 heavy (non-hydrogen) atoms. The summed E-state index contributed by atoms with van der Waals surface area (Å²) < 4.78 is 10.0. The van der Waals surface area contributed by atoms with Crippen LogP contribution in [-0.4, -0.2) is 63.1 Å². The second-order valence-electron chi connectivity index (χ2n) is 7.31. The first kappa shape index (κ1) is 25.0. The van der Waals surface area contributed by atoms with E-state index < -0.39 is 11.9 Å². The molecule has 0 aliphatic carbocycles. The van der Waals surface area contributed by atoms with Gasteiger partial charge in [0.25, 0.3) is 0 Å². The summed E-state index contributed by atoms with van der Waals surface area (Å²) in [7, 11) is 3.97. The maximum absolute atomic E-state index is 12.5. The van der Waals surface area contributed by atoms with Gasteiger partial charge in [-0.2, -0.15) is 0 Å². The molecule has 2 N–H and O–H groups in total. The minimum absolute atomic E-state index is 0.0650. The molecule has 1 amide bonds. The third-order valence-corrected chi connectivity index (χ3v) is 4.67. The fourth-order valence-electron chi connectivity index (χ4n) is 3.17. The Kier molecular flexibility index (Phi) is 9.84. The molecule has 0 aliphatic heterocycles. The van der Waals surface area contributed by atoms with Gasteiger partial charge in [-0.15, -0.1) is 0 Å². The molecule has 2 aromatic carbocycles. The van der Waals surface area contributed by atoms with Crippen molar-refractivity contribution in [2.75, 3.05) is 45.7 Å². The van der Waals surface area contributed by atoms with Crippen LogP contribution in [0.15, 0.2) is 48.5 Å². The van der Waals surface area contributed by atoms with Gasteiger partial charge in [0.1, 0.15) is 0 Å². The Morgan fingerprint density at radius 1 is 0.906 bits per heavy atom. The van der Waals surface area contributed by atoms with Crippen molar-refractivity contribution >= 4 is 23.5 Å². The SMILES string of the molecule is CCOC(=O)c1cc(NC(=O)CNC[C@@H](c2ccccc2)N(C)C)cc(C(=O)OCC)c1. The van der Waals surface area contributed by atoms with Crippen molar-refractivity contribution < 1.29 is 23.9 Å². The van der Waals surface area contributed by atoms with Crippen molar-refractivity contribution in [3.05, 3.63) is 65.2 Å². The Labute approximate surface area is 188 Å². The highest BCUT2D eigenvalue weighted by Crippen LogP contribution is 2.18. The van der Waals surface area contributed by atoms with Crippen molar-refractivity contribution in [1.29, 1.82) is 0 Å². The Morgan fingerprint density at radius 2 is 1.47 bits per heavy atom. The number of nitrogens with zero attached hydrogens (tertiary/aromatic N) is 1. The van der Waals surface area contributed by atoms with Crippen LogP contribution in [0.4, 0.5) is 5.69 Å². The maximum Gasteiger partial charge on any atom is 0.338 e. The molecule has 0 aliphatic rings. The fraction of sp³-hybridized carbons (Fsp3) is 0.375. The van der Waals surface area contributed by atoms with Crippen LogP contribution >= 0.6 is 0 Å². The lowest BCUT2D eigenvalue weighted by atomic mass is 10.1. The van der Waals surface area contributed by atoms with E-state index in [-0.39, 0.29) is 42.8 Å². The number of anilines is 1. The minimum Gasteiger partial charge on any atom is -0.462 e. The largest absolute Gasteiger partial charge is 0.462 e. The fourth-order valence-corrected chi connectivity index (χ4v) is 3.17. The first-order valence-corrected chi connectivity index (χ1v) is 10.6. The number of nitrogens with one attached hydrogen (secondary N) is 2. The average molecular weight is 442 g/mol. The van der Waals surface area contributed by atoms with Crippen molar-refractivity contribution in [1.82, 2.24) is 10.2 Å². The summed E-state index contributed by atoms with van der Waals surface area (Å²) in [5.41, 5.74) is 1.79. The summed E-state index contributed by atoms with van der Waals surface area (Å²) >= 11 is 0. The van der Waals surface area contributed by atoms with Crippen LogP contribution < -0.4 is 10.6 Å². The smallest absolute Gasteiger partial charge is 0.338 e. The molecular formula is C24H31N3O5. The molecule has 0 aromatic heterocycles. The normalized spacial score (nSPS) is 11.7. The predicted molar refractivity (Wildman–Crippen MR) is 123 cm³/mol. The third kappa shape index (κ3) is 7.47. The van der Waals surface area contributed by atoms with Crippen LogP contribution in [0.3, 0.4) is 0 Å². The third-order valence-electron chi connectivity index (χ3n) is 4.67. The molecule has 0 spiro atoms. The molecule has 2 aromatic rings. The first-order chi connectivity index (χ1) is 15.3. The topological polar surface area (TPSA) is 97.0 Å². The van der Waals surface area contributed by atoms with E-state index >= 15 is 0 Å². The molecule has 0 unspecified atom stereocenters. The number of benzene rings is 2. The first-order valence-electron chi connectivity index (χ1n) is 10.6. The van der Waals surface area contributed by atoms with E-state index in [0.29, 0.717) is 12.2 Å². The summed E-state index contributed by atoms with van der Waals surface area (Å²) in [6.45, 7) is 4.41. The van der Waals surface area contributed by atoms with E-state index in [9.17, 15) is 14.4 Å². The highest BCUT2D eigenvalue weighted by atomic mass is 16.5. The van der Waals surface area contributed by atoms with Crippen molar-refractivity contribution in [3.8, 4) is 0 Å². The second kappa shape index (κ2) is 12.6. The molecule has 0 saturated heterocycles. The van der Waals surface area contributed by atoms with E-state index in [0.717, 1.165) is 5.56 Å². The van der Waals surface area contributed by atoms with E-state index in [4.69, 9.17) is 9.47 Å². The van der Waals surface area contributed by atoms with Gasteiger partial charge in [-0.25, -0.2) is 9.59 Å². The molecule has 0 heterocycles. The van der Waals surface area contributed by atoms with Crippen LogP contribution in [0, 0.1) is 0 Å². The van der Waals surface area contributed by atoms with Gasteiger partial charge in [0.2, 0.25) is 5.91 Å². The molecule has 0 fully saturated rings. The van der Waals surface area contributed by atoms with Crippen LogP contribution in [0.1, 0.15) is 46.2 Å². The minimum atomic E-state index is -0.580. The van der Waals surface area contributed by atoms with Gasteiger partial charge in [-0.3, -0.25) is 4.79 Å². The summed E-state index contributed by atoms with van der Waals surface area (Å²) in [6.07, 6.45) is 0. The van der Waals surface area contributed by atoms with Gasteiger partial charge in [-0.1, -0.05) is 30.3 Å². The summed E-state index contributed by atoms with van der Waals surface area (Å²) in [5, 5.41) is 5.89. The van der Waals surface area contributed by atoms with Gasteiger partial charge in [0, 0.05) is 18.3 Å². The molecule has 1 atom stereocenters. The zero-order valence-electron chi connectivity index (χ0n) is 19.0. The van der Waals surface area contributed by atoms with E-state index in [1.165, 1.54) is 18.2 Å². The van der Waals surface area contributed by atoms with Crippen molar-refractivity contribution in [2.24, 2.45) is 0 Å². The monoisotopic (exact) mass is 441 g/mol. The molecule has 172 valence electrons. The number of carbonyl (C=O) groups excluding carboxylic acids is 3. The summed E-state index contributed by atoms with van der Waals surface area (Å²) in [5.74, 6) is -1.46. The van der Waals surface area contributed by atoms with Crippen LogP contribution in [0.2, 0.25) is 0 Å². The van der Waals surface area contributed by atoms with E-state index in [1.54, 1.807) is 13.8 Å². The van der Waals surface area contributed by atoms with Crippen LogP contribution in [-0.2, 0) is 14.3 Å². The van der Waals surface area contributed by atoms with Gasteiger partial charge in [-0.05, 0) is 51.7 Å². The van der Waals surface area contributed by atoms with Gasteiger partial charge >= 0.3 is 11.9 Å². The number of amides is 1. The lowest BCUT2D eigenvalue weighted by Crippen LogP contribution is -2.35. The van der Waals surface area contributed by atoms with E-state index in [2.05, 4.69) is 15.5 Å². The van der Waals surface area contributed by atoms with Crippen LogP contribution in [0.5, 0.6) is 0 Å². The Balaban J connectivity index is 2.05. The molecule has 0 bridgehead atoms. The predicted octanol–water partition coefficient (Wildman–Crippen LogP) is 2.87. The number of likely N-dealkylation sites (N-methyl/N-ethyl adjacent to an activating group) is 1. The second-order valence-corrected chi connectivity index (χ2v) is 7.31. The van der Waals surface area contributed by atoms with E-state index in [1.807, 2.05) is 44.4 Å². The quantitative estimate of drug-likeness (QED) is 0.518. The van der Waals surface area contributed by atoms with Crippen LogP contribution in [0.25, 0.3) is 0 Å². The number of hydrogen-bond donors (Lipinski definition) is 2. The summed E-state index contributed by atoms with van der Waals surface area (Å²) in [4.78, 5) is 38.9. The lowest BCUT2D eigenvalue weighted by molar-refractivity contribution is -0.115. The molecular weight excluding hydrogens is 410 g/mol. The van der Waals surface area contributed by atoms with Crippen molar-refractivity contribution in [3.63, 3.8) is 0 Å². The number of ether oxygens (including phenoxy) is 2. The Morgan fingerprint density at radius 3 is 1.97 bits per heavy atom. The molecule has 2 rings (SSSR count). The zero-order valence-corrected chi connectivity index (χ0v) is 19.0. The molecule has 0 radical (unpaired) electrons. The number of esters is 2. The highest BCUT2D eigenvalue weighted by Gasteiger charge is 2.17. The Hall–Kier alpha value is -3.23. The van der Waals surface area contributed by atoms with Crippen molar-refractivity contribution in [2.45, 2.75) is 19.9 Å². The zero-order chi connectivity index (χ0) is 23.5. The van der Waals surface area contributed by atoms with Gasteiger partial charge < -0.3 is 25.0 Å². The molecule has 8 nitrogen and oxygen atoms in total. The number of carbonyl (C=O) groups is 3. The van der Waals surface area contributed by atoms with Gasteiger partial charge in [0.15, 0.2) is 0 Å². The number of rotatable bonds is 11. The van der Waals surface area contributed by atoms with Gasteiger partial charge in [0.05, 0.1) is 30.9 Å². The highest BCUT2D eigenvalue weighted by molar-refractivity contribution is 5.99. The Bertz CT molecular complexity index is 879. The molecule has 8 heteroatoms. The standard InChI is InChI=1S/C24H31N3O5/c1-5-31-23(29)18-12-19(24(30)32-6-2)14-20(13-18)26-22(28)16-25-15-21(27(3)4)17-10-8-7-9-11-17/h7-14,21,25H,5-6,15-16H2,1-4H3,(H,26,28)/t21-/m0/s1. The average Bonchev–Trinajstić information content (AvgIpc) is 2.77. The lowest BCUT2D eigenvalue weighted by Gasteiger charge is -2.25. The summed E-state index contributed by atoms with van der Waals surface area (Å²) in [6, 6.07) is 14.5.